The topological polar surface area (TPSA) is 220 Å². The maximum Gasteiger partial charge on any atom is 0.217 e. The van der Waals surface area contributed by atoms with Crippen LogP contribution in [-0.4, -0.2) is 119 Å². The Labute approximate surface area is 170 Å². The first-order valence-electron chi connectivity index (χ1n) is 9.31. The summed E-state index contributed by atoms with van der Waals surface area (Å²) in [5.74, 6) is -0.517. The number of carbonyl (C=O) groups excluding carboxylic acids is 1. The number of hydrogen-bond acceptors (Lipinski definition) is 12. The van der Waals surface area contributed by atoms with Crippen molar-refractivity contribution in [1.29, 1.82) is 0 Å². The summed E-state index contributed by atoms with van der Waals surface area (Å²) in [4.78, 5) is 11.5. The van der Waals surface area contributed by atoms with Crippen molar-refractivity contribution >= 4 is 5.91 Å². The second-order valence-corrected chi connectivity index (χ2v) is 7.33. The van der Waals surface area contributed by atoms with Crippen LogP contribution in [0, 0.1) is 0 Å². The van der Waals surface area contributed by atoms with Gasteiger partial charge in [-0.15, -0.1) is 5.10 Å². The van der Waals surface area contributed by atoms with Gasteiger partial charge in [-0.25, -0.2) is 4.68 Å². The highest BCUT2D eigenvalue weighted by Gasteiger charge is 2.48. The molecule has 10 atom stereocenters. The third-order valence-corrected chi connectivity index (χ3v) is 5.24. The summed E-state index contributed by atoms with van der Waals surface area (Å²) in [6.45, 7) is -0.0288. The Kier molecular flexibility index (Phi) is 7.01. The van der Waals surface area contributed by atoms with E-state index in [-0.39, 0.29) is 5.69 Å². The second kappa shape index (κ2) is 9.17. The van der Waals surface area contributed by atoms with Crippen LogP contribution >= 0.6 is 0 Å². The van der Waals surface area contributed by atoms with Gasteiger partial charge in [-0.1, -0.05) is 5.21 Å². The van der Waals surface area contributed by atoms with Gasteiger partial charge in [0.1, 0.15) is 60.6 Å². The summed E-state index contributed by atoms with van der Waals surface area (Å²) in [7, 11) is 0. The lowest BCUT2D eigenvalue weighted by atomic mass is 9.94. The number of amides is 1. The molecule has 1 aromatic heterocycles. The van der Waals surface area contributed by atoms with Crippen LogP contribution in [0.15, 0.2) is 6.20 Å². The van der Waals surface area contributed by atoms with E-state index in [1.54, 1.807) is 0 Å². The van der Waals surface area contributed by atoms with Gasteiger partial charge in [-0.2, -0.15) is 0 Å². The van der Waals surface area contributed by atoms with Crippen LogP contribution in [0.4, 0.5) is 0 Å². The van der Waals surface area contributed by atoms with Crippen LogP contribution in [0.3, 0.4) is 0 Å². The molecule has 8 N–H and O–H groups in total. The van der Waals surface area contributed by atoms with Crippen LogP contribution in [0.25, 0.3) is 0 Å². The van der Waals surface area contributed by atoms with Crippen molar-refractivity contribution in [2.75, 3.05) is 13.2 Å². The molecular weight excluding hydrogens is 408 g/mol. The first-order valence-corrected chi connectivity index (χ1v) is 9.31. The number of nitrogens with one attached hydrogen (secondary N) is 1. The molecule has 0 aliphatic carbocycles. The summed E-state index contributed by atoms with van der Waals surface area (Å²) in [5.41, 5.74) is 0.0123. The molecule has 3 rings (SSSR count). The molecule has 0 bridgehead atoms. The Morgan fingerprint density at radius 3 is 2.20 bits per heavy atom. The Hall–Kier alpha value is -1.75. The fourth-order valence-electron chi connectivity index (χ4n) is 3.61. The lowest BCUT2D eigenvalue weighted by Crippen LogP contribution is -2.62. The minimum Gasteiger partial charge on any atom is -0.394 e. The summed E-state index contributed by atoms with van der Waals surface area (Å²) in [5, 5.41) is 79.4. The fourth-order valence-corrected chi connectivity index (χ4v) is 3.61. The minimum absolute atomic E-state index is 0.0123. The first-order chi connectivity index (χ1) is 14.2. The van der Waals surface area contributed by atoms with E-state index in [9.17, 15) is 40.5 Å². The second-order valence-electron chi connectivity index (χ2n) is 7.33. The van der Waals surface area contributed by atoms with Crippen molar-refractivity contribution in [3.05, 3.63) is 11.9 Å². The van der Waals surface area contributed by atoms with Gasteiger partial charge in [0.2, 0.25) is 5.91 Å². The molecule has 2 saturated heterocycles. The smallest absolute Gasteiger partial charge is 0.217 e. The van der Waals surface area contributed by atoms with E-state index in [4.69, 9.17) is 9.47 Å². The lowest BCUT2D eigenvalue weighted by molar-refractivity contribution is -0.232. The zero-order valence-electron chi connectivity index (χ0n) is 16.0. The largest absolute Gasteiger partial charge is 0.394 e. The fraction of sp³-hybridized carbons (Fsp3) is 0.812. The van der Waals surface area contributed by atoms with Gasteiger partial charge in [0.05, 0.1) is 19.4 Å². The van der Waals surface area contributed by atoms with E-state index in [1.165, 1.54) is 13.1 Å². The average Bonchev–Trinajstić information content (AvgIpc) is 3.19. The molecule has 0 radical (unpaired) electrons. The maximum absolute atomic E-state index is 11.5. The SMILES string of the molecule is CC(=O)NC1C(O)C(O)C(CO)OC1n1cc(C2OC(CO)C(O)C(O)C2O)nn1. The third kappa shape index (κ3) is 4.18. The van der Waals surface area contributed by atoms with E-state index in [2.05, 4.69) is 15.6 Å². The van der Waals surface area contributed by atoms with Gasteiger partial charge in [0.25, 0.3) is 0 Å². The molecule has 0 aromatic carbocycles. The molecule has 30 heavy (non-hydrogen) atoms. The predicted molar refractivity (Wildman–Crippen MR) is 93.4 cm³/mol. The third-order valence-electron chi connectivity index (χ3n) is 5.24. The first kappa shape index (κ1) is 22.9. The molecule has 2 fully saturated rings. The summed E-state index contributed by atoms with van der Waals surface area (Å²) in [6, 6.07) is -1.15. The number of aromatic nitrogens is 3. The molecule has 0 spiro atoms. The number of aliphatic hydroxyl groups excluding tert-OH is 7. The van der Waals surface area contributed by atoms with Gasteiger partial charge in [-0.3, -0.25) is 4.79 Å². The molecule has 1 aromatic rings. The van der Waals surface area contributed by atoms with Crippen LogP contribution < -0.4 is 5.32 Å². The molecular formula is C16H26N4O10. The van der Waals surface area contributed by atoms with Crippen molar-refractivity contribution in [1.82, 2.24) is 20.3 Å². The molecule has 14 heteroatoms. The maximum atomic E-state index is 11.5. The minimum atomic E-state index is -1.61. The van der Waals surface area contributed by atoms with Gasteiger partial charge < -0.3 is 50.5 Å². The van der Waals surface area contributed by atoms with Crippen LogP contribution in [-0.2, 0) is 14.3 Å². The number of carbonyl (C=O) groups is 1. The van der Waals surface area contributed by atoms with Crippen molar-refractivity contribution in [2.24, 2.45) is 0 Å². The van der Waals surface area contributed by atoms with Gasteiger partial charge in [-0.05, 0) is 0 Å². The van der Waals surface area contributed by atoms with Crippen LogP contribution in [0.2, 0.25) is 0 Å². The van der Waals surface area contributed by atoms with Crippen molar-refractivity contribution in [3.8, 4) is 0 Å². The van der Waals surface area contributed by atoms with Gasteiger partial charge in [0, 0.05) is 6.92 Å². The molecule has 2 aliphatic heterocycles. The van der Waals surface area contributed by atoms with E-state index in [0.29, 0.717) is 0 Å². The highest BCUT2D eigenvalue weighted by atomic mass is 16.6. The van der Waals surface area contributed by atoms with Crippen molar-refractivity contribution < 1.29 is 50.0 Å². The number of rotatable bonds is 5. The number of aliphatic hydroxyl groups is 7. The van der Waals surface area contributed by atoms with E-state index >= 15 is 0 Å². The molecule has 0 saturated carbocycles. The number of ether oxygens (including phenoxy) is 2. The standard InChI is InChI=1S/C16H26N4O10/c1-5(23)17-9-12(26)10(24)8(4-22)30-16(9)20-2-6(18-19-20)15-14(28)13(27)11(25)7(3-21)29-15/h2,7-16,21-22,24-28H,3-4H2,1H3,(H,17,23). The van der Waals surface area contributed by atoms with Crippen molar-refractivity contribution in [3.63, 3.8) is 0 Å². The van der Waals surface area contributed by atoms with E-state index in [0.717, 1.165) is 4.68 Å². The normalized spacial score (nSPS) is 42.1. The quantitative estimate of drug-likeness (QED) is 0.218. The summed E-state index contributed by atoms with van der Waals surface area (Å²) < 4.78 is 12.1. The molecule has 3 heterocycles. The number of nitrogens with zero attached hydrogens (tertiary/aromatic N) is 3. The number of hydrogen-bond donors (Lipinski definition) is 8. The average molecular weight is 434 g/mol. The highest BCUT2D eigenvalue weighted by Crippen LogP contribution is 2.33. The van der Waals surface area contributed by atoms with Crippen LogP contribution in [0.1, 0.15) is 24.9 Å². The van der Waals surface area contributed by atoms with E-state index in [1.807, 2.05) is 0 Å². The predicted octanol–water partition coefficient (Wildman–Crippen LogP) is -5.09. The highest BCUT2D eigenvalue weighted by molar-refractivity contribution is 5.73. The Morgan fingerprint density at radius 1 is 1.00 bits per heavy atom. The molecule has 170 valence electrons. The van der Waals surface area contributed by atoms with Crippen molar-refractivity contribution in [2.45, 2.75) is 68.0 Å². The van der Waals surface area contributed by atoms with Crippen LogP contribution in [0.5, 0.6) is 0 Å². The zero-order valence-corrected chi connectivity index (χ0v) is 16.0. The molecule has 1 amide bonds. The van der Waals surface area contributed by atoms with Gasteiger partial charge >= 0.3 is 0 Å². The summed E-state index contributed by atoms with van der Waals surface area (Å²) in [6.07, 6.45) is -11.2. The molecule has 2 aliphatic rings. The lowest BCUT2D eigenvalue weighted by Gasteiger charge is -2.42. The molecule has 14 nitrogen and oxygen atoms in total. The Bertz CT molecular complexity index is 733. The van der Waals surface area contributed by atoms with Gasteiger partial charge in [0.15, 0.2) is 6.23 Å². The van der Waals surface area contributed by atoms with E-state index < -0.39 is 80.2 Å². The Morgan fingerprint density at radius 2 is 1.60 bits per heavy atom. The Balaban J connectivity index is 1.88. The molecule has 10 unspecified atom stereocenters. The zero-order chi connectivity index (χ0) is 22.2. The summed E-state index contributed by atoms with van der Waals surface area (Å²) >= 11 is 0. The monoisotopic (exact) mass is 434 g/mol.